The number of carbonyl (C=O) groups excluding carboxylic acids is 2. The Bertz CT molecular complexity index is 3870. The maximum Gasteiger partial charge on any atom is 0.407 e. The minimum Gasteiger partial charge on any atom is -0.457 e. The number of piperidine rings is 2. The third kappa shape index (κ3) is 14.9. The lowest BCUT2D eigenvalue weighted by atomic mass is 10.1. The minimum atomic E-state index is -1.30. The average molecular weight is 1120 g/mol. The van der Waals surface area contributed by atoms with E-state index in [2.05, 4.69) is 80.7 Å². The number of benzene rings is 1. The van der Waals surface area contributed by atoms with E-state index in [0.717, 1.165) is 48.3 Å². The molecule has 2 amide bonds. The molecule has 28 heteroatoms. The molecule has 1 unspecified atom stereocenters. The zero-order chi connectivity index (χ0) is 57.4. The van der Waals surface area contributed by atoms with Gasteiger partial charge in [-0.3, -0.25) is 13.8 Å². The van der Waals surface area contributed by atoms with E-state index in [-0.39, 0.29) is 45.5 Å². The number of hydrogen-bond donors (Lipinski definition) is 5. The first-order valence-corrected chi connectivity index (χ1v) is 27.5. The molecule has 2 aliphatic rings. The normalized spacial score (nSPS) is 14.6. The second-order valence-corrected chi connectivity index (χ2v) is 22.2. The van der Waals surface area contributed by atoms with Crippen LogP contribution in [0, 0.1) is 6.92 Å². The topological polar surface area (TPSA) is 333 Å². The maximum atomic E-state index is 12.2. The SMILES string of the molecule is CC(C)(C)OC(=O)NC1CCN(c2ncc3nc[nH]c(=O)c3n2)CC1.CS(=O)c1ncc2nc[nH]c(=O)c2n1.Cc1cc(Nc2ncnc3cnc(N4CCC(NC(=O)OC(C)(C)C)CC4)nc23)ccc1Oc1ccn2ccnc2c1. The number of carbonyl (C=O) groups is 2. The van der Waals surface area contributed by atoms with E-state index in [4.69, 9.17) is 19.2 Å². The predicted octanol–water partition coefficient (Wildman–Crippen LogP) is 6.06. The van der Waals surface area contributed by atoms with E-state index >= 15 is 0 Å². The number of fused-ring (bicyclic) bond motifs is 4. The molecule has 27 nitrogen and oxygen atoms in total. The van der Waals surface area contributed by atoms with Gasteiger partial charge in [-0.15, -0.1) is 0 Å². The van der Waals surface area contributed by atoms with Crippen molar-refractivity contribution < 1.29 is 28.0 Å². The molecule has 0 spiro atoms. The number of ether oxygens (including phenoxy) is 3. The van der Waals surface area contributed by atoms with Crippen molar-refractivity contribution >= 4 is 85.1 Å². The van der Waals surface area contributed by atoms with Gasteiger partial charge in [0.2, 0.25) is 17.1 Å². The molecular formula is C53H61N19O8S. The molecule has 11 rings (SSSR count). The summed E-state index contributed by atoms with van der Waals surface area (Å²) in [6.07, 6.45) is 18.0. The van der Waals surface area contributed by atoms with Crippen molar-refractivity contribution in [1.82, 2.24) is 79.8 Å². The number of anilines is 4. The number of aryl methyl sites for hydroxylation is 1. The summed E-state index contributed by atoms with van der Waals surface area (Å²) in [5.41, 5.74) is 3.52. The minimum absolute atomic E-state index is 0.0425. The first kappa shape index (κ1) is 56.4. The lowest BCUT2D eigenvalue weighted by Gasteiger charge is -2.32. The highest BCUT2D eigenvalue weighted by molar-refractivity contribution is 7.84. The molecule has 8 aromatic heterocycles. The van der Waals surface area contributed by atoms with Gasteiger partial charge in [-0.1, -0.05) is 0 Å². The van der Waals surface area contributed by atoms with Crippen molar-refractivity contribution in [2.24, 2.45) is 0 Å². The molecule has 0 saturated carbocycles. The summed E-state index contributed by atoms with van der Waals surface area (Å²) in [6.45, 7) is 15.8. The molecule has 0 aliphatic carbocycles. The molecule has 2 saturated heterocycles. The second-order valence-electron chi connectivity index (χ2n) is 20.9. The summed E-state index contributed by atoms with van der Waals surface area (Å²) in [7, 11) is -1.30. The Morgan fingerprint density at radius 2 is 1.20 bits per heavy atom. The lowest BCUT2D eigenvalue weighted by molar-refractivity contribution is 0.0485. The fourth-order valence-corrected chi connectivity index (χ4v) is 8.96. The summed E-state index contributed by atoms with van der Waals surface area (Å²) in [4.78, 5) is 103. The number of imidazole rings is 1. The first-order valence-electron chi connectivity index (χ1n) is 25.9. The number of alkyl carbamates (subject to hydrolysis) is 2. The summed E-state index contributed by atoms with van der Waals surface area (Å²) in [5, 5.41) is 9.38. The van der Waals surface area contributed by atoms with Crippen LogP contribution in [0.25, 0.3) is 38.7 Å². The molecule has 1 aromatic carbocycles. The summed E-state index contributed by atoms with van der Waals surface area (Å²) in [6, 6.07) is 9.77. The van der Waals surface area contributed by atoms with E-state index in [1.165, 1.54) is 31.4 Å². The molecule has 0 radical (unpaired) electrons. The Kier molecular flexibility index (Phi) is 17.0. The van der Waals surface area contributed by atoms with Crippen LogP contribution in [0.2, 0.25) is 0 Å². The van der Waals surface area contributed by atoms with Gasteiger partial charge in [-0.2, -0.15) is 0 Å². The van der Waals surface area contributed by atoms with Crippen molar-refractivity contribution in [3.05, 3.63) is 113 Å². The summed E-state index contributed by atoms with van der Waals surface area (Å²) >= 11 is 0. The van der Waals surface area contributed by atoms with Gasteiger partial charge < -0.3 is 54.3 Å². The van der Waals surface area contributed by atoms with Gasteiger partial charge in [0, 0.05) is 74.9 Å². The fraction of sp³-hybridized carbons (Fsp3) is 0.377. The third-order valence-corrected chi connectivity index (χ3v) is 13.1. The van der Waals surface area contributed by atoms with Gasteiger partial charge >= 0.3 is 12.2 Å². The van der Waals surface area contributed by atoms with E-state index in [9.17, 15) is 23.4 Å². The Labute approximate surface area is 465 Å². The monoisotopic (exact) mass is 1120 g/mol. The van der Waals surface area contributed by atoms with Gasteiger partial charge in [-0.25, -0.2) is 64.4 Å². The molecule has 422 valence electrons. The van der Waals surface area contributed by atoms with Crippen LogP contribution in [0.3, 0.4) is 0 Å². The van der Waals surface area contributed by atoms with Crippen LogP contribution in [-0.4, -0.2) is 141 Å². The quantitative estimate of drug-likeness (QED) is 0.102. The summed E-state index contributed by atoms with van der Waals surface area (Å²) in [5.74, 6) is 3.15. The standard InChI is InChI=1S/C30H33N9O3.C16H22N6O3.C7H6N4O2S/c1-19-15-21(5-6-24(19)41-22-9-13-38-14-10-31-25(38)16-22)35-27-26-23(33-18-34-27)17-32-28(37-26)39-11-7-20(8-12-39)36-29(40)42-30(2,3)4;1-16(2,3)25-15(24)20-10-4-6-22(7-5-10)14-17-8-11-12(21-14)13(23)19-9-18-11;1-14(13)7-8-2-4-5(11-7)6(12)10-3-9-4/h5-6,9-10,13-18,20H,7-8,11-12H2,1-4H3,(H,36,40)(H,33,34,35);8-10H,4-7H2,1-3H3,(H,20,24)(H,18,19,23);2-3H,1H3,(H,9,10,12). The van der Waals surface area contributed by atoms with Crippen LogP contribution in [0.15, 0.2) is 101 Å². The fourth-order valence-electron chi connectivity index (χ4n) is 8.54. The van der Waals surface area contributed by atoms with Crippen LogP contribution in [0.4, 0.5) is 33.0 Å². The molecule has 0 bridgehead atoms. The molecular weight excluding hydrogens is 1060 g/mol. The number of amides is 2. The number of rotatable bonds is 9. The van der Waals surface area contributed by atoms with E-state index in [1.54, 1.807) is 18.6 Å². The molecule has 9 aromatic rings. The zero-order valence-corrected chi connectivity index (χ0v) is 46.6. The van der Waals surface area contributed by atoms with Crippen molar-refractivity contribution in [3.8, 4) is 11.5 Å². The van der Waals surface area contributed by atoms with Crippen LogP contribution < -0.4 is 41.6 Å². The second kappa shape index (κ2) is 24.4. The maximum absolute atomic E-state index is 12.2. The lowest BCUT2D eigenvalue weighted by Crippen LogP contribution is -2.46. The van der Waals surface area contributed by atoms with Gasteiger partial charge in [-0.05, 0) is 104 Å². The molecule has 10 heterocycles. The highest BCUT2D eigenvalue weighted by Gasteiger charge is 2.27. The van der Waals surface area contributed by atoms with Crippen molar-refractivity contribution in [2.45, 2.75) is 103 Å². The molecule has 2 fully saturated rings. The number of hydrogen-bond acceptors (Lipinski definition) is 22. The van der Waals surface area contributed by atoms with Gasteiger partial charge in [0.05, 0.1) is 42.0 Å². The largest absolute Gasteiger partial charge is 0.457 e. The smallest absolute Gasteiger partial charge is 0.407 e. The number of pyridine rings is 1. The first-order chi connectivity index (χ1) is 38.7. The molecule has 2 aliphatic heterocycles. The van der Waals surface area contributed by atoms with Crippen LogP contribution >= 0.6 is 0 Å². The van der Waals surface area contributed by atoms with Crippen LogP contribution in [-0.2, 0) is 20.3 Å². The van der Waals surface area contributed by atoms with E-state index < -0.39 is 28.1 Å². The van der Waals surface area contributed by atoms with E-state index in [1.807, 2.05) is 100 Å². The average Bonchev–Trinajstić information content (AvgIpc) is 3.93. The van der Waals surface area contributed by atoms with E-state index in [0.29, 0.717) is 71.7 Å². The van der Waals surface area contributed by atoms with Gasteiger partial charge in [0.1, 0.15) is 56.7 Å². The van der Waals surface area contributed by atoms with Crippen LogP contribution in [0.5, 0.6) is 11.5 Å². The summed E-state index contributed by atoms with van der Waals surface area (Å²) < 4.78 is 29.8. The number of nitrogens with zero attached hydrogens (tertiary/aromatic N) is 14. The Balaban J connectivity index is 0.000000170. The van der Waals surface area contributed by atoms with Crippen LogP contribution in [0.1, 0.15) is 72.8 Å². The van der Waals surface area contributed by atoms with Gasteiger partial charge in [0.25, 0.3) is 11.1 Å². The van der Waals surface area contributed by atoms with Crippen molar-refractivity contribution in [3.63, 3.8) is 0 Å². The number of nitrogens with one attached hydrogen (secondary N) is 5. The van der Waals surface area contributed by atoms with Crippen molar-refractivity contribution in [2.75, 3.05) is 47.6 Å². The number of aromatic amines is 2. The Morgan fingerprint density at radius 3 is 1.75 bits per heavy atom. The highest BCUT2D eigenvalue weighted by Crippen LogP contribution is 2.31. The molecule has 81 heavy (non-hydrogen) atoms. The number of aromatic nitrogens is 14. The van der Waals surface area contributed by atoms with Crippen molar-refractivity contribution in [1.29, 1.82) is 0 Å². The third-order valence-electron chi connectivity index (χ3n) is 12.4. The Hall–Kier alpha value is -9.34. The molecule has 5 N–H and O–H groups in total. The number of H-pyrrole nitrogens is 2. The predicted molar refractivity (Wildman–Crippen MR) is 302 cm³/mol. The molecule has 1 atom stereocenters. The highest BCUT2D eigenvalue weighted by atomic mass is 32.2. The zero-order valence-electron chi connectivity index (χ0n) is 45.8. The Morgan fingerprint density at radius 1 is 0.654 bits per heavy atom. The van der Waals surface area contributed by atoms with Gasteiger partial charge in [0.15, 0.2) is 16.9 Å².